The molecule has 1 atom stereocenters. The predicted octanol–water partition coefficient (Wildman–Crippen LogP) is 1.40. The van der Waals surface area contributed by atoms with Gasteiger partial charge in [0.2, 0.25) is 0 Å². The molecule has 114 valence electrons. The first-order valence-electron chi connectivity index (χ1n) is 6.60. The Hall–Kier alpha value is -2.96. The van der Waals surface area contributed by atoms with E-state index in [0.29, 0.717) is 5.69 Å². The summed E-state index contributed by atoms with van der Waals surface area (Å²) >= 11 is 0. The molecule has 0 aliphatic heterocycles. The summed E-state index contributed by atoms with van der Waals surface area (Å²) < 4.78 is 5.00. The lowest BCUT2D eigenvalue weighted by atomic mass is 10.1. The van der Waals surface area contributed by atoms with Gasteiger partial charge in [-0.1, -0.05) is 30.3 Å². The molecule has 2 aromatic rings. The number of amides is 1. The summed E-state index contributed by atoms with van der Waals surface area (Å²) in [7, 11) is 0. The summed E-state index contributed by atoms with van der Waals surface area (Å²) in [5.41, 5.74) is 1.29. The summed E-state index contributed by atoms with van der Waals surface area (Å²) in [6, 6.07) is 7.99. The highest BCUT2D eigenvalue weighted by Crippen LogP contribution is 2.02. The summed E-state index contributed by atoms with van der Waals surface area (Å²) in [6.07, 6.45) is 3.64. The number of rotatable bonds is 6. The van der Waals surface area contributed by atoms with Crippen molar-refractivity contribution in [3.8, 4) is 0 Å². The molecule has 0 bridgehead atoms. The molecule has 0 saturated heterocycles. The minimum absolute atomic E-state index is 0.0314. The average Bonchev–Trinajstić information content (AvgIpc) is 2.54. The maximum Gasteiger partial charge on any atom is 0.408 e. The highest BCUT2D eigenvalue weighted by Gasteiger charge is 2.21. The normalized spacial score (nSPS) is 11.5. The quantitative estimate of drug-likeness (QED) is 0.836. The monoisotopic (exact) mass is 301 g/mol. The number of nitrogens with one attached hydrogen (secondary N) is 1. The molecule has 0 fully saturated rings. The fourth-order valence-electron chi connectivity index (χ4n) is 1.75. The molecule has 22 heavy (non-hydrogen) atoms. The second kappa shape index (κ2) is 7.72. The molecule has 2 N–H and O–H groups in total. The maximum atomic E-state index is 11.7. The van der Waals surface area contributed by atoms with E-state index >= 15 is 0 Å². The third kappa shape index (κ3) is 4.86. The van der Waals surface area contributed by atoms with Crippen molar-refractivity contribution in [3.63, 3.8) is 0 Å². The van der Waals surface area contributed by atoms with Gasteiger partial charge in [0.1, 0.15) is 12.6 Å². The SMILES string of the molecule is O=C(N[C@@H](Cc1cnccn1)C(=O)O)OCc1ccccc1. The Balaban J connectivity index is 1.88. The lowest BCUT2D eigenvalue weighted by Gasteiger charge is -2.14. The van der Waals surface area contributed by atoms with Gasteiger partial charge in [-0.2, -0.15) is 0 Å². The van der Waals surface area contributed by atoms with E-state index in [2.05, 4.69) is 15.3 Å². The first-order valence-corrected chi connectivity index (χ1v) is 6.60. The van der Waals surface area contributed by atoms with Crippen molar-refractivity contribution in [3.05, 3.63) is 60.2 Å². The highest BCUT2D eigenvalue weighted by molar-refractivity contribution is 5.80. The fourth-order valence-corrected chi connectivity index (χ4v) is 1.75. The van der Waals surface area contributed by atoms with E-state index in [1.54, 1.807) is 0 Å². The Morgan fingerprint density at radius 2 is 2.00 bits per heavy atom. The second-order valence-electron chi connectivity index (χ2n) is 4.50. The molecular weight excluding hydrogens is 286 g/mol. The van der Waals surface area contributed by atoms with Gasteiger partial charge in [0.15, 0.2) is 0 Å². The number of ether oxygens (including phenoxy) is 1. The molecule has 1 aromatic carbocycles. The Morgan fingerprint density at radius 1 is 1.23 bits per heavy atom. The van der Waals surface area contributed by atoms with Gasteiger partial charge in [-0.05, 0) is 5.56 Å². The standard InChI is InChI=1S/C15H15N3O4/c19-14(20)13(8-12-9-16-6-7-17-12)18-15(21)22-10-11-4-2-1-3-5-11/h1-7,9,13H,8,10H2,(H,18,21)(H,19,20)/t13-/m0/s1. The molecule has 2 rings (SSSR count). The van der Waals surface area contributed by atoms with Crippen LogP contribution in [0.25, 0.3) is 0 Å². The molecule has 0 aliphatic carbocycles. The van der Waals surface area contributed by atoms with Crippen LogP contribution in [0, 0.1) is 0 Å². The Labute approximate surface area is 127 Å². The van der Waals surface area contributed by atoms with Crippen molar-refractivity contribution in [1.29, 1.82) is 0 Å². The van der Waals surface area contributed by atoms with Crippen LogP contribution in [0.4, 0.5) is 4.79 Å². The van der Waals surface area contributed by atoms with Gasteiger partial charge in [-0.15, -0.1) is 0 Å². The highest BCUT2D eigenvalue weighted by atomic mass is 16.5. The average molecular weight is 301 g/mol. The first-order chi connectivity index (χ1) is 10.6. The van der Waals surface area contributed by atoms with Crippen LogP contribution in [-0.4, -0.2) is 33.2 Å². The molecule has 7 nitrogen and oxygen atoms in total. The zero-order valence-electron chi connectivity index (χ0n) is 11.7. The number of carboxylic acids is 1. The summed E-state index contributed by atoms with van der Waals surface area (Å²) in [5, 5.41) is 11.5. The summed E-state index contributed by atoms with van der Waals surface area (Å²) in [4.78, 5) is 30.7. The number of aliphatic carboxylic acids is 1. The van der Waals surface area contributed by atoms with Crippen LogP contribution in [-0.2, 0) is 22.6 Å². The van der Waals surface area contributed by atoms with Gasteiger partial charge in [0.05, 0.1) is 5.69 Å². The van der Waals surface area contributed by atoms with Crippen molar-refractivity contribution in [2.45, 2.75) is 19.1 Å². The van der Waals surface area contributed by atoms with Crippen LogP contribution >= 0.6 is 0 Å². The summed E-state index contributed by atoms with van der Waals surface area (Å²) in [5.74, 6) is -1.16. The molecule has 0 spiro atoms. The van der Waals surface area contributed by atoms with Crippen LogP contribution < -0.4 is 5.32 Å². The van der Waals surface area contributed by atoms with Crippen LogP contribution in [0.3, 0.4) is 0 Å². The number of nitrogens with zero attached hydrogens (tertiary/aromatic N) is 2. The number of alkyl carbamates (subject to hydrolysis) is 1. The van der Waals surface area contributed by atoms with Gasteiger partial charge in [0, 0.05) is 25.0 Å². The molecule has 1 heterocycles. The lowest BCUT2D eigenvalue weighted by Crippen LogP contribution is -2.42. The predicted molar refractivity (Wildman–Crippen MR) is 76.9 cm³/mol. The van der Waals surface area contributed by atoms with Crippen LogP contribution in [0.15, 0.2) is 48.9 Å². The van der Waals surface area contributed by atoms with Gasteiger partial charge in [-0.3, -0.25) is 9.97 Å². The largest absolute Gasteiger partial charge is 0.480 e. The number of benzene rings is 1. The van der Waals surface area contributed by atoms with Crippen molar-refractivity contribution in [1.82, 2.24) is 15.3 Å². The Morgan fingerprint density at radius 3 is 2.64 bits per heavy atom. The van der Waals surface area contributed by atoms with Gasteiger partial charge >= 0.3 is 12.1 Å². The maximum absolute atomic E-state index is 11.7. The zero-order valence-corrected chi connectivity index (χ0v) is 11.7. The smallest absolute Gasteiger partial charge is 0.408 e. The Kier molecular flexibility index (Phi) is 5.42. The minimum atomic E-state index is -1.16. The Bertz CT molecular complexity index is 619. The number of hydrogen-bond acceptors (Lipinski definition) is 5. The van der Waals surface area contributed by atoms with Gasteiger partial charge in [-0.25, -0.2) is 9.59 Å². The number of carbonyl (C=O) groups excluding carboxylic acids is 1. The number of hydrogen-bond donors (Lipinski definition) is 2. The van der Waals surface area contributed by atoms with Crippen molar-refractivity contribution in [2.75, 3.05) is 0 Å². The van der Waals surface area contributed by atoms with Gasteiger partial charge in [0.25, 0.3) is 0 Å². The molecule has 0 unspecified atom stereocenters. The van der Waals surface area contributed by atoms with Crippen LogP contribution in [0.1, 0.15) is 11.3 Å². The molecule has 0 radical (unpaired) electrons. The lowest BCUT2D eigenvalue weighted by molar-refractivity contribution is -0.139. The first kappa shape index (κ1) is 15.4. The van der Waals surface area contributed by atoms with E-state index < -0.39 is 18.1 Å². The topological polar surface area (TPSA) is 101 Å². The number of carbonyl (C=O) groups is 2. The second-order valence-corrected chi connectivity index (χ2v) is 4.50. The fraction of sp³-hybridized carbons (Fsp3) is 0.200. The van der Waals surface area contributed by atoms with Crippen LogP contribution in [0.5, 0.6) is 0 Å². The van der Waals surface area contributed by atoms with Crippen molar-refractivity contribution in [2.24, 2.45) is 0 Å². The molecule has 1 amide bonds. The third-order valence-electron chi connectivity index (χ3n) is 2.83. The van der Waals surface area contributed by atoms with E-state index in [-0.39, 0.29) is 13.0 Å². The molecule has 0 saturated carbocycles. The van der Waals surface area contributed by atoms with E-state index in [9.17, 15) is 9.59 Å². The number of aromatic nitrogens is 2. The minimum Gasteiger partial charge on any atom is -0.480 e. The third-order valence-corrected chi connectivity index (χ3v) is 2.83. The van der Waals surface area contributed by atoms with Gasteiger partial charge < -0.3 is 15.2 Å². The van der Waals surface area contributed by atoms with Crippen molar-refractivity contribution < 1.29 is 19.4 Å². The zero-order chi connectivity index (χ0) is 15.8. The van der Waals surface area contributed by atoms with E-state index in [1.807, 2.05) is 30.3 Å². The van der Waals surface area contributed by atoms with E-state index in [0.717, 1.165) is 5.56 Å². The molecule has 7 heteroatoms. The van der Waals surface area contributed by atoms with E-state index in [1.165, 1.54) is 18.6 Å². The molecule has 0 aliphatic rings. The number of carboxylic acid groups (broad SMARTS) is 1. The van der Waals surface area contributed by atoms with E-state index in [4.69, 9.17) is 9.84 Å². The summed E-state index contributed by atoms with van der Waals surface area (Å²) in [6.45, 7) is 0.0736. The molecule has 1 aromatic heterocycles. The van der Waals surface area contributed by atoms with Crippen LogP contribution in [0.2, 0.25) is 0 Å². The van der Waals surface area contributed by atoms with Crippen molar-refractivity contribution >= 4 is 12.1 Å². The molecular formula is C15H15N3O4.